The Hall–Kier alpha value is -0.220. The molecule has 0 radical (unpaired) electrons. The summed E-state index contributed by atoms with van der Waals surface area (Å²) >= 11 is 8.52. The lowest BCUT2D eigenvalue weighted by atomic mass is 10.4. The van der Waals surface area contributed by atoms with Crippen molar-refractivity contribution in [1.82, 2.24) is 0 Å². The first-order valence-corrected chi connectivity index (χ1v) is 4.17. The van der Waals surface area contributed by atoms with E-state index in [0.29, 0.717) is 16.9 Å². The summed E-state index contributed by atoms with van der Waals surface area (Å²) in [5.41, 5.74) is 0. The summed E-state index contributed by atoms with van der Waals surface area (Å²) in [5.74, 6) is 0.306. The van der Waals surface area contributed by atoms with Gasteiger partial charge in [-0.3, -0.25) is 0 Å². The summed E-state index contributed by atoms with van der Waals surface area (Å²) in [4.78, 5) is 10.4. The minimum absolute atomic E-state index is 0.159. The van der Waals surface area contributed by atoms with Crippen LogP contribution in [0.5, 0.6) is 0 Å². The molecule has 0 aliphatic carbocycles. The molecule has 1 aromatic rings. The maximum atomic E-state index is 10.4. The normalized spacial score (nSPS) is 10.2. The van der Waals surface area contributed by atoms with Crippen molar-refractivity contribution < 1.29 is 8.83 Å². The first-order chi connectivity index (χ1) is 4.77. The Labute approximate surface area is 70.1 Å². The molecule has 1 aromatic heterocycles. The third-order valence-corrected chi connectivity index (χ3v) is 1.72. The quantitative estimate of drug-likeness (QED) is 0.725. The van der Waals surface area contributed by atoms with Crippen molar-refractivity contribution in [3.05, 3.63) is 22.1 Å². The number of halogens is 2. The number of rotatable bonds is 2. The van der Waals surface area contributed by atoms with Crippen LogP contribution in [0.25, 0.3) is 0 Å². The van der Waals surface area contributed by atoms with Crippen molar-refractivity contribution in [1.29, 1.82) is 0 Å². The zero-order valence-corrected chi connectivity index (χ0v) is 7.24. The van der Waals surface area contributed by atoms with E-state index in [1.54, 1.807) is 0 Å². The fourth-order valence-electron chi connectivity index (χ4n) is 0.539. The summed E-state index contributed by atoms with van der Waals surface area (Å²) in [7, 11) is 0. The molecule has 3 nitrogen and oxygen atoms in total. The molecule has 0 saturated carbocycles. The van der Waals surface area contributed by atoms with Crippen LogP contribution < -0.4 is 5.82 Å². The summed E-state index contributed by atoms with van der Waals surface area (Å²) in [6.07, 6.45) is 0. The Bertz CT molecular complexity index is 240. The Kier molecular flexibility index (Phi) is 2.56. The predicted molar refractivity (Wildman–Crippen MR) is 39.4 cm³/mol. The van der Waals surface area contributed by atoms with Crippen molar-refractivity contribution in [2.45, 2.75) is 11.2 Å². The Balaban J connectivity index is 3.08. The molecule has 0 saturated heterocycles. The van der Waals surface area contributed by atoms with Gasteiger partial charge in [-0.15, -0.1) is 11.6 Å². The molecule has 10 heavy (non-hydrogen) atoms. The van der Waals surface area contributed by atoms with E-state index in [4.69, 9.17) is 11.6 Å². The zero-order valence-electron chi connectivity index (χ0n) is 4.89. The molecule has 0 aliphatic heterocycles. The van der Waals surface area contributed by atoms with Crippen molar-refractivity contribution in [3.8, 4) is 0 Å². The van der Waals surface area contributed by atoms with Crippen LogP contribution in [0.4, 0.5) is 0 Å². The van der Waals surface area contributed by atoms with Crippen molar-refractivity contribution in [3.63, 3.8) is 0 Å². The van der Waals surface area contributed by atoms with E-state index in [9.17, 15) is 4.79 Å². The van der Waals surface area contributed by atoms with Gasteiger partial charge in [0.05, 0.1) is 11.2 Å². The van der Waals surface area contributed by atoms with Gasteiger partial charge in [-0.25, -0.2) is 4.79 Å². The average Bonchev–Trinajstić information content (AvgIpc) is 2.30. The van der Waals surface area contributed by atoms with Gasteiger partial charge >= 0.3 is 5.82 Å². The second-order valence-electron chi connectivity index (χ2n) is 1.57. The first kappa shape index (κ1) is 7.88. The molecule has 0 aromatic carbocycles. The first-order valence-electron chi connectivity index (χ1n) is 2.51. The zero-order chi connectivity index (χ0) is 7.56. The maximum absolute atomic E-state index is 10.4. The van der Waals surface area contributed by atoms with Crippen LogP contribution >= 0.6 is 27.5 Å². The average molecular weight is 227 g/mol. The van der Waals surface area contributed by atoms with Gasteiger partial charge in [0.15, 0.2) is 11.5 Å². The van der Waals surface area contributed by atoms with E-state index in [0.717, 1.165) is 0 Å². The van der Waals surface area contributed by atoms with Gasteiger partial charge in [0.2, 0.25) is 0 Å². The number of hydrogen-bond acceptors (Lipinski definition) is 3. The molecule has 0 fully saturated rings. The van der Waals surface area contributed by atoms with Crippen LogP contribution in [0.1, 0.15) is 11.5 Å². The minimum atomic E-state index is -0.704. The van der Waals surface area contributed by atoms with Gasteiger partial charge in [0, 0.05) is 0 Å². The predicted octanol–water partition coefficient (Wildman–Crippen LogP) is 1.87. The summed E-state index contributed by atoms with van der Waals surface area (Å²) < 4.78 is 9.17. The van der Waals surface area contributed by atoms with Crippen LogP contribution in [-0.2, 0) is 11.2 Å². The van der Waals surface area contributed by atoms with Gasteiger partial charge in [-0.05, 0) is 0 Å². The van der Waals surface area contributed by atoms with Crippen LogP contribution in [0, 0.1) is 0 Å². The van der Waals surface area contributed by atoms with Gasteiger partial charge in [-0.2, -0.15) is 0 Å². The van der Waals surface area contributed by atoms with Crippen molar-refractivity contribution in [2.75, 3.05) is 0 Å². The van der Waals surface area contributed by atoms with E-state index in [-0.39, 0.29) is 5.88 Å². The lowest BCUT2D eigenvalue weighted by molar-refractivity contribution is 0.372. The standard InChI is InChI=1S/C5H4BrClO3/c6-1-3-4(2-7)10-5(8)9-3/h1-2H2. The molecule has 0 unspecified atom stereocenters. The van der Waals surface area contributed by atoms with Crippen molar-refractivity contribution in [2.24, 2.45) is 0 Å². The van der Waals surface area contributed by atoms with Gasteiger partial charge < -0.3 is 8.83 Å². The lowest BCUT2D eigenvalue weighted by Crippen LogP contribution is -1.85. The summed E-state index contributed by atoms with van der Waals surface area (Å²) in [5, 5.41) is 0.445. The molecule has 1 rings (SSSR count). The van der Waals surface area contributed by atoms with Crippen LogP contribution in [0.15, 0.2) is 13.6 Å². The van der Waals surface area contributed by atoms with Gasteiger partial charge in [0.25, 0.3) is 0 Å². The fraction of sp³-hybridized carbons (Fsp3) is 0.400. The molecule has 0 aliphatic rings. The molecule has 0 amide bonds. The second-order valence-corrected chi connectivity index (χ2v) is 2.40. The highest BCUT2D eigenvalue weighted by Gasteiger charge is 2.08. The van der Waals surface area contributed by atoms with E-state index < -0.39 is 5.82 Å². The highest BCUT2D eigenvalue weighted by atomic mass is 79.9. The molecule has 0 bridgehead atoms. The molecular formula is C5H4BrClO3. The Morgan fingerprint density at radius 1 is 1.40 bits per heavy atom. The highest BCUT2D eigenvalue weighted by Crippen LogP contribution is 2.12. The number of hydrogen-bond donors (Lipinski definition) is 0. The topological polar surface area (TPSA) is 43.4 Å². The lowest BCUT2D eigenvalue weighted by Gasteiger charge is -1.85. The maximum Gasteiger partial charge on any atom is 0.519 e. The molecule has 5 heteroatoms. The molecular weight excluding hydrogens is 223 g/mol. The Morgan fingerprint density at radius 3 is 2.40 bits per heavy atom. The SMILES string of the molecule is O=c1oc(CCl)c(CBr)o1. The molecule has 56 valence electrons. The second kappa shape index (κ2) is 3.25. The Morgan fingerprint density at radius 2 is 2.00 bits per heavy atom. The number of alkyl halides is 2. The van der Waals surface area contributed by atoms with Gasteiger partial charge in [0.1, 0.15) is 0 Å². The van der Waals surface area contributed by atoms with Crippen LogP contribution in [0.2, 0.25) is 0 Å². The van der Waals surface area contributed by atoms with E-state index in [1.807, 2.05) is 0 Å². The third-order valence-electron chi connectivity index (χ3n) is 0.967. The monoisotopic (exact) mass is 226 g/mol. The molecule has 0 spiro atoms. The third kappa shape index (κ3) is 1.44. The molecule has 0 atom stereocenters. The van der Waals surface area contributed by atoms with E-state index >= 15 is 0 Å². The smallest absolute Gasteiger partial charge is 0.395 e. The van der Waals surface area contributed by atoms with E-state index in [1.165, 1.54) is 0 Å². The van der Waals surface area contributed by atoms with Crippen LogP contribution in [0.3, 0.4) is 0 Å². The minimum Gasteiger partial charge on any atom is -0.395 e. The fourth-order valence-corrected chi connectivity index (χ4v) is 1.17. The summed E-state index contributed by atoms with van der Waals surface area (Å²) in [6.45, 7) is 0. The van der Waals surface area contributed by atoms with Gasteiger partial charge in [-0.1, -0.05) is 15.9 Å². The summed E-state index contributed by atoms with van der Waals surface area (Å²) in [6, 6.07) is 0. The highest BCUT2D eigenvalue weighted by molar-refractivity contribution is 9.08. The van der Waals surface area contributed by atoms with E-state index in [2.05, 4.69) is 24.8 Å². The van der Waals surface area contributed by atoms with Crippen LogP contribution in [-0.4, -0.2) is 0 Å². The van der Waals surface area contributed by atoms with Crippen molar-refractivity contribution >= 4 is 27.5 Å². The largest absolute Gasteiger partial charge is 0.519 e. The molecule has 0 N–H and O–H groups in total. The molecule has 1 heterocycles.